The van der Waals surface area contributed by atoms with Crippen LogP contribution in [0.4, 0.5) is 0 Å². The highest BCUT2D eigenvalue weighted by Gasteiger charge is 2.19. The van der Waals surface area contributed by atoms with E-state index in [9.17, 15) is 4.79 Å². The van der Waals surface area contributed by atoms with Gasteiger partial charge in [-0.25, -0.2) is 0 Å². The van der Waals surface area contributed by atoms with Gasteiger partial charge in [-0.15, -0.1) is 10.2 Å². The standard InChI is InChI=1S/C11H20N4O2/c1-7(10(16)13-11(3,4)5)12-6-9-15-14-8(2)17-9/h7,12H,6H2,1-5H3,(H,13,16). The highest BCUT2D eigenvalue weighted by atomic mass is 16.4. The molecule has 0 aliphatic heterocycles. The highest BCUT2D eigenvalue weighted by molar-refractivity contribution is 5.81. The number of hydrogen-bond acceptors (Lipinski definition) is 5. The van der Waals surface area contributed by atoms with Crippen molar-refractivity contribution in [3.8, 4) is 0 Å². The summed E-state index contributed by atoms with van der Waals surface area (Å²) in [4.78, 5) is 11.7. The van der Waals surface area contributed by atoms with Crippen LogP contribution in [0.15, 0.2) is 4.42 Å². The van der Waals surface area contributed by atoms with Gasteiger partial charge in [-0.2, -0.15) is 0 Å². The molecule has 17 heavy (non-hydrogen) atoms. The third kappa shape index (κ3) is 4.95. The molecule has 0 spiro atoms. The average molecular weight is 240 g/mol. The van der Waals surface area contributed by atoms with Crippen molar-refractivity contribution in [1.82, 2.24) is 20.8 Å². The fourth-order valence-electron chi connectivity index (χ4n) is 1.22. The van der Waals surface area contributed by atoms with Crippen LogP contribution in [0.3, 0.4) is 0 Å². The van der Waals surface area contributed by atoms with E-state index in [0.29, 0.717) is 18.3 Å². The first-order chi connectivity index (χ1) is 7.78. The van der Waals surface area contributed by atoms with E-state index in [1.165, 1.54) is 0 Å². The SMILES string of the molecule is Cc1nnc(CNC(C)C(=O)NC(C)(C)C)o1. The third-order valence-electron chi connectivity index (χ3n) is 2.02. The van der Waals surface area contributed by atoms with Crippen LogP contribution in [0.5, 0.6) is 0 Å². The van der Waals surface area contributed by atoms with Crippen LogP contribution < -0.4 is 10.6 Å². The molecule has 0 radical (unpaired) electrons. The van der Waals surface area contributed by atoms with E-state index in [-0.39, 0.29) is 17.5 Å². The van der Waals surface area contributed by atoms with Gasteiger partial charge in [0.15, 0.2) is 0 Å². The Bertz CT molecular complexity index is 381. The molecule has 1 aromatic rings. The molecule has 1 atom stereocenters. The predicted octanol–water partition coefficient (Wildman–Crippen LogP) is 0.771. The third-order valence-corrected chi connectivity index (χ3v) is 2.02. The quantitative estimate of drug-likeness (QED) is 0.812. The molecule has 0 aliphatic rings. The summed E-state index contributed by atoms with van der Waals surface area (Å²) in [6.07, 6.45) is 0. The van der Waals surface area contributed by atoms with E-state index in [2.05, 4.69) is 20.8 Å². The molecular weight excluding hydrogens is 220 g/mol. The van der Waals surface area contributed by atoms with Crippen LogP contribution >= 0.6 is 0 Å². The molecule has 6 nitrogen and oxygen atoms in total. The first-order valence-electron chi connectivity index (χ1n) is 5.62. The molecule has 96 valence electrons. The molecule has 0 fully saturated rings. The summed E-state index contributed by atoms with van der Waals surface area (Å²) in [7, 11) is 0. The van der Waals surface area contributed by atoms with Gasteiger partial charge in [-0.1, -0.05) is 0 Å². The van der Waals surface area contributed by atoms with E-state index < -0.39 is 0 Å². The maximum atomic E-state index is 11.7. The minimum absolute atomic E-state index is 0.0475. The van der Waals surface area contributed by atoms with Crippen molar-refractivity contribution in [3.05, 3.63) is 11.8 Å². The zero-order valence-corrected chi connectivity index (χ0v) is 11.0. The summed E-state index contributed by atoms with van der Waals surface area (Å²) >= 11 is 0. The Hall–Kier alpha value is -1.43. The molecular formula is C11H20N4O2. The molecule has 6 heteroatoms. The molecule has 0 aromatic carbocycles. The van der Waals surface area contributed by atoms with E-state index in [1.54, 1.807) is 13.8 Å². The van der Waals surface area contributed by atoms with E-state index >= 15 is 0 Å². The highest BCUT2D eigenvalue weighted by Crippen LogP contribution is 2.01. The Kier molecular flexibility index (Phi) is 4.22. The van der Waals surface area contributed by atoms with Gasteiger partial charge in [0.2, 0.25) is 17.7 Å². The normalized spacial score (nSPS) is 13.5. The molecule has 0 aliphatic carbocycles. The van der Waals surface area contributed by atoms with Crippen molar-refractivity contribution in [2.75, 3.05) is 0 Å². The number of carbonyl (C=O) groups is 1. The van der Waals surface area contributed by atoms with Crippen molar-refractivity contribution in [2.45, 2.75) is 52.7 Å². The van der Waals surface area contributed by atoms with Crippen molar-refractivity contribution in [1.29, 1.82) is 0 Å². The fourth-order valence-corrected chi connectivity index (χ4v) is 1.22. The van der Waals surface area contributed by atoms with Crippen LogP contribution in [0.2, 0.25) is 0 Å². The number of rotatable bonds is 4. The van der Waals surface area contributed by atoms with Gasteiger partial charge in [-0.05, 0) is 27.7 Å². The number of aryl methyl sites for hydroxylation is 1. The molecule has 1 heterocycles. The maximum Gasteiger partial charge on any atom is 0.237 e. The lowest BCUT2D eigenvalue weighted by molar-refractivity contribution is -0.124. The van der Waals surface area contributed by atoms with Gasteiger partial charge >= 0.3 is 0 Å². The number of aromatic nitrogens is 2. The van der Waals surface area contributed by atoms with Crippen molar-refractivity contribution in [2.24, 2.45) is 0 Å². The lowest BCUT2D eigenvalue weighted by atomic mass is 10.1. The predicted molar refractivity (Wildman–Crippen MR) is 63.2 cm³/mol. The Balaban J connectivity index is 2.39. The maximum absolute atomic E-state index is 11.7. The monoisotopic (exact) mass is 240 g/mol. The number of nitrogens with zero attached hydrogens (tertiary/aromatic N) is 2. The van der Waals surface area contributed by atoms with E-state index in [0.717, 1.165) is 0 Å². The van der Waals surface area contributed by atoms with E-state index in [4.69, 9.17) is 4.42 Å². The van der Waals surface area contributed by atoms with Gasteiger partial charge in [0.05, 0.1) is 12.6 Å². The zero-order valence-electron chi connectivity index (χ0n) is 11.0. The average Bonchev–Trinajstić information content (AvgIpc) is 2.58. The molecule has 1 amide bonds. The lowest BCUT2D eigenvalue weighted by Gasteiger charge is -2.23. The second kappa shape index (κ2) is 5.27. The molecule has 0 saturated carbocycles. The molecule has 1 unspecified atom stereocenters. The first kappa shape index (κ1) is 13.6. The van der Waals surface area contributed by atoms with Gasteiger partial charge in [0, 0.05) is 12.5 Å². The molecule has 1 rings (SSSR count). The number of nitrogens with one attached hydrogen (secondary N) is 2. The van der Waals surface area contributed by atoms with Crippen LogP contribution in [-0.4, -0.2) is 27.7 Å². The molecule has 0 bridgehead atoms. The lowest BCUT2D eigenvalue weighted by Crippen LogP contribution is -2.49. The van der Waals surface area contributed by atoms with Crippen molar-refractivity contribution in [3.63, 3.8) is 0 Å². The Labute approximate surface area is 101 Å². The minimum Gasteiger partial charge on any atom is -0.424 e. The van der Waals surface area contributed by atoms with Crippen molar-refractivity contribution >= 4 is 5.91 Å². The minimum atomic E-state index is -0.304. The number of carbonyl (C=O) groups excluding carboxylic acids is 1. The zero-order chi connectivity index (χ0) is 13.1. The topological polar surface area (TPSA) is 80.0 Å². The second-order valence-electron chi connectivity index (χ2n) is 5.06. The van der Waals surface area contributed by atoms with Crippen LogP contribution in [0.1, 0.15) is 39.5 Å². The Morgan fingerprint density at radius 1 is 1.41 bits per heavy atom. The van der Waals surface area contributed by atoms with Crippen LogP contribution in [-0.2, 0) is 11.3 Å². The van der Waals surface area contributed by atoms with Gasteiger partial charge in [0.25, 0.3) is 0 Å². The first-order valence-corrected chi connectivity index (χ1v) is 5.62. The number of amides is 1. The van der Waals surface area contributed by atoms with E-state index in [1.807, 2.05) is 20.8 Å². The van der Waals surface area contributed by atoms with Gasteiger partial charge < -0.3 is 9.73 Å². The van der Waals surface area contributed by atoms with Gasteiger partial charge in [0.1, 0.15) is 0 Å². The molecule has 2 N–H and O–H groups in total. The summed E-state index contributed by atoms with van der Waals surface area (Å²) in [5, 5.41) is 13.5. The van der Waals surface area contributed by atoms with Crippen LogP contribution in [0, 0.1) is 6.92 Å². The fraction of sp³-hybridized carbons (Fsp3) is 0.727. The molecule has 1 aromatic heterocycles. The molecule has 0 saturated heterocycles. The Morgan fingerprint density at radius 2 is 2.06 bits per heavy atom. The summed E-state index contributed by atoms with van der Waals surface area (Å²) in [5.74, 6) is 0.959. The second-order valence-corrected chi connectivity index (χ2v) is 5.06. The smallest absolute Gasteiger partial charge is 0.237 e. The summed E-state index contributed by atoms with van der Waals surface area (Å²) in [6.45, 7) is 9.74. The summed E-state index contributed by atoms with van der Waals surface area (Å²) in [6, 6.07) is -0.304. The summed E-state index contributed by atoms with van der Waals surface area (Å²) in [5.41, 5.74) is -0.228. The Morgan fingerprint density at radius 3 is 2.53 bits per heavy atom. The number of hydrogen-bond donors (Lipinski definition) is 2. The van der Waals surface area contributed by atoms with Crippen molar-refractivity contribution < 1.29 is 9.21 Å². The summed E-state index contributed by atoms with van der Waals surface area (Å²) < 4.78 is 5.20. The largest absolute Gasteiger partial charge is 0.424 e. The van der Waals surface area contributed by atoms with Gasteiger partial charge in [-0.3, -0.25) is 10.1 Å². The van der Waals surface area contributed by atoms with Crippen LogP contribution in [0.25, 0.3) is 0 Å².